The number of rotatable bonds is 4. The summed E-state index contributed by atoms with van der Waals surface area (Å²) >= 11 is 5.72. The van der Waals surface area contributed by atoms with Gasteiger partial charge in [0.05, 0.1) is 11.3 Å². The number of carbonyl (C=O) groups is 2. The van der Waals surface area contributed by atoms with Crippen LogP contribution in [0.3, 0.4) is 0 Å². The molecular weight excluding hydrogens is 300 g/mol. The van der Waals surface area contributed by atoms with Crippen LogP contribution in [0.1, 0.15) is 29.6 Å². The predicted octanol–water partition coefficient (Wildman–Crippen LogP) is 2.33. The van der Waals surface area contributed by atoms with Gasteiger partial charge in [0.25, 0.3) is 11.6 Å². The number of halogens is 1. The molecule has 0 bridgehead atoms. The Bertz CT molecular complexity index is 604. The maximum absolute atomic E-state index is 12.5. The van der Waals surface area contributed by atoms with Crippen LogP contribution < -0.4 is 0 Å². The van der Waals surface area contributed by atoms with Crippen molar-refractivity contribution in [1.29, 1.82) is 0 Å². The molecule has 0 saturated carbocycles. The van der Waals surface area contributed by atoms with Crippen LogP contribution in [-0.2, 0) is 4.79 Å². The lowest BCUT2D eigenvalue weighted by Gasteiger charge is -2.23. The van der Waals surface area contributed by atoms with E-state index in [1.807, 2.05) is 0 Å². The molecule has 8 heteroatoms. The van der Waals surface area contributed by atoms with E-state index in [0.717, 1.165) is 6.07 Å². The normalized spacial score (nSPS) is 17.8. The molecule has 1 aliphatic heterocycles. The monoisotopic (exact) mass is 312 g/mol. The average molecular weight is 313 g/mol. The number of nitro groups is 1. The zero-order valence-electron chi connectivity index (χ0n) is 11.0. The minimum Gasteiger partial charge on any atom is -0.481 e. The molecule has 0 radical (unpaired) electrons. The topological polar surface area (TPSA) is 101 Å². The van der Waals surface area contributed by atoms with Gasteiger partial charge in [0.15, 0.2) is 0 Å². The molecule has 1 aliphatic rings. The van der Waals surface area contributed by atoms with Crippen LogP contribution in [0.15, 0.2) is 18.2 Å². The summed E-state index contributed by atoms with van der Waals surface area (Å²) in [6.45, 7) is 0.399. The van der Waals surface area contributed by atoms with Crippen molar-refractivity contribution in [1.82, 2.24) is 4.90 Å². The fourth-order valence-corrected chi connectivity index (χ4v) is 2.67. The molecule has 1 N–H and O–H groups in total. The van der Waals surface area contributed by atoms with E-state index < -0.39 is 22.8 Å². The molecule has 112 valence electrons. The molecule has 0 aliphatic carbocycles. The lowest BCUT2D eigenvalue weighted by Crippen LogP contribution is -2.37. The van der Waals surface area contributed by atoms with Gasteiger partial charge in [-0.25, -0.2) is 0 Å². The Morgan fingerprint density at radius 2 is 2.19 bits per heavy atom. The van der Waals surface area contributed by atoms with Crippen molar-refractivity contribution in [2.75, 3.05) is 6.54 Å². The third-order valence-electron chi connectivity index (χ3n) is 3.44. The Labute approximate surface area is 125 Å². The Morgan fingerprint density at radius 3 is 2.81 bits per heavy atom. The molecule has 1 atom stereocenters. The van der Waals surface area contributed by atoms with Crippen LogP contribution >= 0.6 is 11.6 Å². The van der Waals surface area contributed by atoms with E-state index in [1.165, 1.54) is 17.0 Å². The van der Waals surface area contributed by atoms with Gasteiger partial charge in [0, 0.05) is 23.7 Å². The molecule has 21 heavy (non-hydrogen) atoms. The van der Waals surface area contributed by atoms with Crippen LogP contribution in [-0.4, -0.2) is 39.4 Å². The Kier molecular flexibility index (Phi) is 4.42. The van der Waals surface area contributed by atoms with Gasteiger partial charge in [-0.3, -0.25) is 19.7 Å². The van der Waals surface area contributed by atoms with Crippen molar-refractivity contribution in [3.05, 3.63) is 38.9 Å². The van der Waals surface area contributed by atoms with Gasteiger partial charge in [-0.05, 0) is 25.0 Å². The van der Waals surface area contributed by atoms with Crippen molar-refractivity contribution in [2.24, 2.45) is 0 Å². The number of hydrogen-bond acceptors (Lipinski definition) is 4. The van der Waals surface area contributed by atoms with Gasteiger partial charge < -0.3 is 10.0 Å². The summed E-state index contributed by atoms with van der Waals surface area (Å²) < 4.78 is 0. The van der Waals surface area contributed by atoms with E-state index >= 15 is 0 Å². The third kappa shape index (κ3) is 3.30. The molecule has 2 rings (SSSR count). The van der Waals surface area contributed by atoms with Gasteiger partial charge in [-0.2, -0.15) is 0 Å². The molecule has 1 fully saturated rings. The fourth-order valence-electron chi connectivity index (χ4n) is 2.51. The van der Waals surface area contributed by atoms with Gasteiger partial charge >= 0.3 is 5.97 Å². The highest BCUT2D eigenvalue weighted by atomic mass is 35.5. The van der Waals surface area contributed by atoms with E-state index in [9.17, 15) is 19.7 Å². The molecule has 1 amide bonds. The van der Waals surface area contributed by atoms with E-state index in [0.29, 0.717) is 19.4 Å². The number of aliphatic carboxylic acids is 1. The molecular formula is C13H13ClN2O5. The molecule has 1 unspecified atom stereocenters. The summed E-state index contributed by atoms with van der Waals surface area (Å²) in [5, 5.41) is 20.1. The SMILES string of the molecule is O=C(O)CC1CCCN1C(=O)c1ccc(Cl)cc1[N+](=O)[O-]. The lowest BCUT2D eigenvalue weighted by atomic mass is 10.1. The van der Waals surface area contributed by atoms with Crippen molar-refractivity contribution in [3.63, 3.8) is 0 Å². The van der Waals surface area contributed by atoms with Crippen molar-refractivity contribution < 1.29 is 19.6 Å². The number of benzene rings is 1. The van der Waals surface area contributed by atoms with E-state index in [1.54, 1.807) is 0 Å². The van der Waals surface area contributed by atoms with E-state index in [-0.39, 0.29) is 22.7 Å². The third-order valence-corrected chi connectivity index (χ3v) is 3.67. The zero-order chi connectivity index (χ0) is 15.6. The van der Waals surface area contributed by atoms with E-state index in [2.05, 4.69) is 0 Å². The minimum atomic E-state index is -0.995. The van der Waals surface area contributed by atoms with Crippen molar-refractivity contribution in [3.8, 4) is 0 Å². The summed E-state index contributed by atoms with van der Waals surface area (Å²) in [5.41, 5.74) is -0.435. The highest BCUT2D eigenvalue weighted by Crippen LogP contribution is 2.28. The number of carboxylic acid groups (broad SMARTS) is 1. The van der Waals surface area contributed by atoms with Gasteiger partial charge in [-0.1, -0.05) is 11.6 Å². The van der Waals surface area contributed by atoms with Crippen molar-refractivity contribution in [2.45, 2.75) is 25.3 Å². The number of nitro benzene ring substituents is 1. The smallest absolute Gasteiger partial charge is 0.305 e. The molecule has 7 nitrogen and oxygen atoms in total. The first-order valence-corrected chi connectivity index (χ1v) is 6.74. The molecule has 1 heterocycles. The highest BCUT2D eigenvalue weighted by molar-refractivity contribution is 6.31. The maximum atomic E-state index is 12.5. The predicted molar refractivity (Wildman–Crippen MR) is 74.4 cm³/mol. The second-order valence-corrected chi connectivity index (χ2v) is 5.25. The standard InChI is InChI=1S/C13H13ClN2O5/c14-8-3-4-10(11(6-8)16(20)21)13(19)15-5-1-2-9(15)7-12(17)18/h3-4,6,9H,1-2,5,7H2,(H,17,18). The molecule has 1 aromatic carbocycles. The number of hydrogen-bond donors (Lipinski definition) is 1. The lowest BCUT2D eigenvalue weighted by molar-refractivity contribution is -0.385. The Balaban J connectivity index is 2.31. The van der Waals surface area contributed by atoms with Crippen LogP contribution in [0.5, 0.6) is 0 Å². The van der Waals surface area contributed by atoms with Gasteiger partial charge in [-0.15, -0.1) is 0 Å². The molecule has 1 aromatic rings. The largest absolute Gasteiger partial charge is 0.481 e. The minimum absolute atomic E-state index is 0.0679. The summed E-state index contributed by atoms with van der Waals surface area (Å²) in [7, 11) is 0. The first-order valence-electron chi connectivity index (χ1n) is 6.37. The van der Waals surface area contributed by atoms with Gasteiger partial charge in [0.2, 0.25) is 0 Å². The van der Waals surface area contributed by atoms with Crippen molar-refractivity contribution >= 4 is 29.2 Å². The molecule has 1 saturated heterocycles. The van der Waals surface area contributed by atoms with Crippen LogP contribution in [0.4, 0.5) is 5.69 Å². The fraction of sp³-hybridized carbons (Fsp3) is 0.385. The van der Waals surface area contributed by atoms with E-state index in [4.69, 9.17) is 16.7 Å². The maximum Gasteiger partial charge on any atom is 0.305 e. The number of nitrogens with zero attached hydrogens (tertiary/aromatic N) is 2. The Hall–Kier alpha value is -2.15. The molecule has 0 aromatic heterocycles. The van der Waals surface area contributed by atoms with Crippen LogP contribution in [0, 0.1) is 10.1 Å². The number of likely N-dealkylation sites (tertiary alicyclic amines) is 1. The van der Waals surface area contributed by atoms with Gasteiger partial charge in [0.1, 0.15) is 5.56 Å². The highest BCUT2D eigenvalue weighted by Gasteiger charge is 2.33. The van der Waals surface area contributed by atoms with Crippen LogP contribution in [0.2, 0.25) is 5.02 Å². The average Bonchev–Trinajstić information content (AvgIpc) is 2.85. The molecule has 0 spiro atoms. The summed E-state index contributed by atoms with van der Waals surface area (Å²) in [5.74, 6) is -1.52. The first-order chi connectivity index (χ1) is 9.90. The summed E-state index contributed by atoms with van der Waals surface area (Å²) in [6, 6.07) is 3.41. The number of amides is 1. The second-order valence-electron chi connectivity index (χ2n) is 4.81. The Morgan fingerprint density at radius 1 is 1.48 bits per heavy atom. The quantitative estimate of drug-likeness (QED) is 0.679. The second kappa shape index (κ2) is 6.09. The zero-order valence-corrected chi connectivity index (χ0v) is 11.7. The van der Waals surface area contributed by atoms with Crippen LogP contribution in [0.25, 0.3) is 0 Å². The summed E-state index contributed by atoms with van der Waals surface area (Å²) in [4.78, 5) is 35.0. The first kappa shape index (κ1) is 15.2. The number of carboxylic acids is 1. The summed E-state index contributed by atoms with van der Waals surface area (Å²) in [6.07, 6.45) is 1.11. The number of carbonyl (C=O) groups excluding carboxylic acids is 1.